The minimum atomic E-state index is -1.09. The van der Waals surface area contributed by atoms with Gasteiger partial charge in [-0.3, -0.25) is 4.79 Å². The van der Waals surface area contributed by atoms with Crippen LogP contribution in [0.25, 0.3) is 0 Å². The Morgan fingerprint density at radius 2 is 1.44 bits per heavy atom. The van der Waals surface area contributed by atoms with Gasteiger partial charge in [0.25, 0.3) is 0 Å². The van der Waals surface area contributed by atoms with E-state index >= 15 is 0 Å². The van der Waals surface area contributed by atoms with Gasteiger partial charge < -0.3 is 38.9 Å². The molecule has 0 aromatic heterocycles. The van der Waals surface area contributed by atoms with Crippen molar-refractivity contribution in [1.29, 1.82) is 0 Å². The van der Waals surface area contributed by atoms with Crippen molar-refractivity contribution in [3.8, 4) is 11.5 Å². The smallest absolute Gasteiger partial charge is 0.458 e. The van der Waals surface area contributed by atoms with E-state index in [1.165, 1.54) is 32.0 Å². The topological polar surface area (TPSA) is 159 Å². The Hall–Kier alpha value is -3.54. The third kappa shape index (κ3) is 8.68. The van der Waals surface area contributed by atoms with E-state index in [2.05, 4.69) is 14.2 Å². The van der Waals surface area contributed by atoms with Crippen LogP contribution in [0.3, 0.4) is 0 Å². The highest BCUT2D eigenvalue weighted by Crippen LogP contribution is 2.29. The van der Waals surface area contributed by atoms with Crippen LogP contribution < -0.4 is 15.2 Å². The predicted octanol–water partition coefficient (Wildman–Crippen LogP) is 2.34. The molecule has 1 aromatic rings. The number of carbonyl (C=O) groups excluding carboxylic acids is 4. The summed E-state index contributed by atoms with van der Waals surface area (Å²) < 4.78 is 33.6. The minimum Gasteiger partial charge on any atom is -0.458 e. The van der Waals surface area contributed by atoms with Crippen LogP contribution in [0, 0.1) is 0 Å². The lowest BCUT2D eigenvalue weighted by Gasteiger charge is -2.22. The van der Waals surface area contributed by atoms with Crippen LogP contribution in [0.15, 0.2) is 18.2 Å². The van der Waals surface area contributed by atoms with Crippen molar-refractivity contribution in [3.63, 3.8) is 0 Å². The van der Waals surface area contributed by atoms with Crippen molar-refractivity contribution >= 4 is 24.4 Å². The molecular formula is C20H27NO11. The molecule has 0 saturated carbocycles. The summed E-state index contributed by atoms with van der Waals surface area (Å²) in [6, 6.07) is 3.09. The first-order chi connectivity index (χ1) is 15.1. The summed E-state index contributed by atoms with van der Waals surface area (Å²) in [7, 11) is 2.22. The molecule has 0 aliphatic rings. The van der Waals surface area contributed by atoms with Crippen molar-refractivity contribution in [2.75, 3.05) is 20.8 Å². The number of hydrogen-bond acceptors (Lipinski definition) is 12. The number of hydrogen-bond donors (Lipinski definition) is 1. The Morgan fingerprint density at radius 1 is 0.875 bits per heavy atom. The van der Waals surface area contributed by atoms with Crippen LogP contribution in [0.5, 0.6) is 11.5 Å². The van der Waals surface area contributed by atoms with Gasteiger partial charge in [0.05, 0.1) is 20.8 Å². The Labute approximate surface area is 184 Å². The van der Waals surface area contributed by atoms with E-state index in [-0.39, 0.29) is 24.5 Å². The van der Waals surface area contributed by atoms with E-state index in [9.17, 15) is 19.2 Å². The molecular weight excluding hydrogens is 430 g/mol. The molecule has 0 aliphatic heterocycles. The van der Waals surface area contributed by atoms with Crippen LogP contribution in [0.4, 0.5) is 14.4 Å². The SMILES string of the molecule is CCOC(=O)O[C@@H](C)[C@H](C)OC(=O)[C@@H](N)Cc1ccc(OC(=O)OC)c(OC(=O)OC)c1. The van der Waals surface area contributed by atoms with E-state index in [0.717, 1.165) is 14.2 Å². The molecule has 3 atom stereocenters. The lowest BCUT2D eigenvalue weighted by atomic mass is 10.1. The molecule has 0 spiro atoms. The summed E-state index contributed by atoms with van der Waals surface area (Å²) in [6.45, 7) is 4.85. The van der Waals surface area contributed by atoms with Crippen LogP contribution in [0.1, 0.15) is 26.3 Å². The molecule has 0 aliphatic carbocycles. The number of ether oxygens (including phenoxy) is 7. The van der Waals surface area contributed by atoms with Gasteiger partial charge in [0, 0.05) is 0 Å². The molecule has 0 fully saturated rings. The van der Waals surface area contributed by atoms with Gasteiger partial charge in [-0.05, 0) is 44.9 Å². The second-order valence-corrected chi connectivity index (χ2v) is 6.35. The van der Waals surface area contributed by atoms with Gasteiger partial charge in [-0.2, -0.15) is 0 Å². The predicted molar refractivity (Wildman–Crippen MR) is 107 cm³/mol. The van der Waals surface area contributed by atoms with Crippen LogP contribution in [-0.2, 0) is 34.9 Å². The van der Waals surface area contributed by atoms with Gasteiger partial charge in [-0.1, -0.05) is 6.07 Å². The third-order valence-corrected chi connectivity index (χ3v) is 3.99. The van der Waals surface area contributed by atoms with E-state index in [0.29, 0.717) is 5.56 Å². The van der Waals surface area contributed by atoms with Crippen LogP contribution >= 0.6 is 0 Å². The second-order valence-electron chi connectivity index (χ2n) is 6.35. The number of benzene rings is 1. The zero-order valence-electron chi connectivity index (χ0n) is 18.4. The van der Waals surface area contributed by atoms with Crippen molar-refractivity contribution in [2.24, 2.45) is 5.73 Å². The fourth-order valence-electron chi connectivity index (χ4n) is 2.21. The lowest BCUT2D eigenvalue weighted by Crippen LogP contribution is -2.39. The molecule has 1 aromatic carbocycles. The fourth-order valence-corrected chi connectivity index (χ4v) is 2.21. The number of rotatable bonds is 9. The number of nitrogens with two attached hydrogens (primary N) is 1. The van der Waals surface area contributed by atoms with Crippen molar-refractivity contribution in [1.82, 2.24) is 0 Å². The molecule has 0 saturated heterocycles. The summed E-state index contributed by atoms with van der Waals surface area (Å²) >= 11 is 0. The standard InChI is InChI=1S/C20H27NO11/c1-6-28-20(25)30-12(3)11(2)29-17(22)14(21)9-13-7-8-15(31-18(23)26-4)16(10-13)32-19(24)27-5/h7-8,10-12,14H,6,9,21H2,1-5H3/t11-,12-,14-/m0/s1. The maximum atomic E-state index is 12.3. The Morgan fingerprint density at radius 3 is 2.00 bits per heavy atom. The molecule has 0 bridgehead atoms. The maximum absolute atomic E-state index is 12.3. The van der Waals surface area contributed by atoms with Crippen LogP contribution in [0.2, 0.25) is 0 Å². The van der Waals surface area contributed by atoms with Crippen LogP contribution in [-0.4, -0.2) is 63.5 Å². The third-order valence-electron chi connectivity index (χ3n) is 3.99. The van der Waals surface area contributed by atoms with Gasteiger partial charge in [-0.15, -0.1) is 0 Å². The highest BCUT2D eigenvalue weighted by Gasteiger charge is 2.25. The fraction of sp³-hybridized carbons (Fsp3) is 0.500. The quantitative estimate of drug-likeness (QED) is 0.328. The first-order valence-electron chi connectivity index (χ1n) is 9.55. The van der Waals surface area contributed by atoms with E-state index < -0.39 is 42.7 Å². The Kier molecular flexibility index (Phi) is 10.8. The first kappa shape index (κ1) is 26.5. The average Bonchev–Trinajstić information content (AvgIpc) is 2.75. The van der Waals surface area contributed by atoms with Crippen molar-refractivity contribution in [3.05, 3.63) is 23.8 Å². The zero-order valence-corrected chi connectivity index (χ0v) is 18.4. The summed E-state index contributed by atoms with van der Waals surface area (Å²) in [4.78, 5) is 46.5. The van der Waals surface area contributed by atoms with E-state index in [1.54, 1.807) is 6.92 Å². The highest BCUT2D eigenvalue weighted by atomic mass is 16.7. The highest BCUT2D eigenvalue weighted by molar-refractivity contribution is 5.76. The lowest BCUT2D eigenvalue weighted by molar-refractivity contribution is -0.155. The van der Waals surface area contributed by atoms with E-state index in [1.807, 2.05) is 0 Å². The van der Waals surface area contributed by atoms with E-state index in [4.69, 9.17) is 24.7 Å². The largest absolute Gasteiger partial charge is 0.513 e. The molecule has 2 N–H and O–H groups in total. The number of esters is 1. The van der Waals surface area contributed by atoms with Gasteiger partial charge >= 0.3 is 24.4 Å². The van der Waals surface area contributed by atoms with Gasteiger partial charge in [-0.25, -0.2) is 14.4 Å². The normalized spacial score (nSPS) is 13.1. The summed E-state index contributed by atoms with van der Waals surface area (Å²) in [6.07, 6.45) is -4.51. The molecule has 0 amide bonds. The maximum Gasteiger partial charge on any atom is 0.513 e. The Balaban J connectivity index is 2.83. The molecule has 1 rings (SSSR count). The molecule has 32 heavy (non-hydrogen) atoms. The molecule has 0 unspecified atom stereocenters. The average molecular weight is 457 g/mol. The van der Waals surface area contributed by atoms with Crippen molar-refractivity contribution in [2.45, 2.75) is 45.4 Å². The zero-order chi connectivity index (χ0) is 24.3. The molecule has 0 heterocycles. The molecule has 12 heteroatoms. The first-order valence-corrected chi connectivity index (χ1v) is 9.55. The molecule has 12 nitrogen and oxygen atoms in total. The Bertz CT molecular complexity index is 811. The van der Waals surface area contributed by atoms with Gasteiger partial charge in [0.2, 0.25) is 0 Å². The number of methoxy groups -OCH3 is 2. The van der Waals surface area contributed by atoms with Gasteiger partial charge in [0.1, 0.15) is 18.2 Å². The summed E-state index contributed by atoms with van der Waals surface area (Å²) in [5, 5.41) is 0. The summed E-state index contributed by atoms with van der Waals surface area (Å²) in [5.74, 6) is -1.01. The minimum absolute atomic E-state index is 0.00525. The van der Waals surface area contributed by atoms with Gasteiger partial charge in [0.15, 0.2) is 11.5 Å². The number of carbonyl (C=O) groups is 4. The summed E-state index contributed by atoms with van der Waals surface area (Å²) in [5.41, 5.74) is 6.39. The van der Waals surface area contributed by atoms with Crippen molar-refractivity contribution < 1.29 is 52.3 Å². The molecule has 0 radical (unpaired) electrons. The second kappa shape index (κ2) is 13.0. The molecule has 178 valence electrons. The monoisotopic (exact) mass is 457 g/mol.